The Morgan fingerprint density at radius 3 is 2.55 bits per heavy atom. The van der Waals surface area contributed by atoms with Crippen LogP contribution in [0.4, 0.5) is 0 Å². The molecule has 1 heteroatoms. The number of thioether (sulfide) groups is 1. The van der Waals surface area contributed by atoms with Crippen LogP contribution in [-0.2, 0) is 0 Å². The van der Waals surface area contributed by atoms with Gasteiger partial charge in [0.1, 0.15) is 0 Å². The Balaban J connectivity index is 2.58. The summed E-state index contributed by atoms with van der Waals surface area (Å²) in [5.41, 5.74) is 1.31. The molecule has 0 fully saturated rings. The molecular weight excluding hydrogens is 154 g/mol. The lowest BCUT2D eigenvalue weighted by Gasteiger charge is -1.97. The van der Waals surface area contributed by atoms with E-state index in [-0.39, 0.29) is 0 Å². The van der Waals surface area contributed by atoms with Crippen LogP contribution in [0.3, 0.4) is 0 Å². The average molecular weight is 166 g/mol. The highest BCUT2D eigenvalue weighted by Gasteiger charge is 1.89. The lowest BCUT2D eigenvalue weighted by atomic mass is 10.2. The van der Waals surface area contributed by atoms with Crippen molar-refractivity contribution in [3.63, 3.8) is 0 Å². The molecular formula is C10H12S. The summed E-state index contributed by atoms with van der Waals surface area (Å²) in [5, 5.41) is 0. The smallest absolute Gasteiger partial charge is 0.0158 e. The van der Waals surface area contributed by atoms with Gasteiger partial charge < -0.3 is 0 Å². The molecule has 0 spiro atoms. The number of aryl methyl sites for hydroxylation is 1. The van der Waals surface area contributed by atoms with E-state index in [4.69, 9.17) is 0 Å². The van der Waals surface area contributed by atoms with Crippen LogP contribution in [0.1, 0.15) is 5.56 Å². The molecule has 0 saturated heterocycles. The first-order chi connectivity index (χ1) is 5.33. The van der Waals surface area contributed by atoms with Gasteiger partial charge in [0.15, 0.2) is 0 Å². The van der Waals surface area contributed by atoms with Crippen molar-refractivity contribution in [3.8, 4) is 0 Å². The minimum Gasteiger partial charge on any atom is -0.122 e. The first kappa shape index (κ1) is 8.41. The first-order valence-corrected chi connectivity index (χ1v) is 4.62. The zero-order chi connectivity index (χ0) is 8.10. The van der Waals surface area contributed by atoms with Gasteiger partial charge in [-0.1, -0.05) is 23.8 Å². The predicted octanol–water partition coefficient (Wildman–Crippen LogP) is 3.27. The Labute approximate surface area is 72.3 Å². The van der Waals surface area contributed by atoms with Crippen molar-refractivity contribution < 1.29 is 0 Å². The van der Waals surface area contributed by atoms with Gasteiger partial charge >= 0.3 is 0 Å². The van der Waals surface area contributed by atoms with Crippen molar-refractivity contribution in [2.75, 3.05) is 5.75 Å². The lowest BCUT2D eigenvalue weighted by molar-refractivity contribution is 1.38. The van der Waals surface area contributed by atoms with E-state index in [1.165, 1.54) is 10.5 Å². The molecule has 0 aliphatic rings. The van der Waals surface area contributed by atoms with Crippen LogP contribution >= 0.6 is 11.8 Å². The van der Waals surface area contributed by atoms with Gasteiger partial charge in [0.05, 0.1) is 0 Å². The van der Waals surface area contributed by atoms with Gasteiger partial charge in [-0.15, -0.1) is 18.3 Å². The van der Waals surface area contributed by atoms with Gasteiger partial charge in [-0.3, -0.25) is 0 Å². The fourth-order valence-corrected chi connectivity index (χ4v) is 1.43. The van der Waals surface area contributed by atoms with Crippen molar-refractivity contribution in [2.45, 2.75) is 11.8 Å². The zero-order valence-electron chi connectivity index (χ0n) is 6.71. The molecule has 0 N–H and O–H groups in total. The van der Waals surface area contributed by atoms with E-state index < -0.39 is 0 Å². The molecule has 1 rings (SSSR count). The third-order valence-electron chi connectivity index (χ3n) is 1.39. The Hall–Kier alpha value is -0.690. The van der Waals surface area contributed by atoms with Gasteiger partial charge in [0.25, 0.3) is 0 Å². The van der Waals surface area contributed by atoms with Crippen LogP contribution in [-0.4, -0.2) is 5.75 Å². The Morgan fingerprint density at radius 2 is 2.00 bits per heavy atom. The number of hydrogen-bond acceptors (Lipinski definition) is 1. The molecule has 0 atom stereocenters. The average Bonchev–Trinajstić information content (AvgIpc) is 2.04. The normalized spacial score (nSPS) is 9.55. The SMILES string of the molecule is C=C[14CH2]Sc1ccc(C)cc1. The van der Waals surface area contributed by atoms with E-state index in [1.807, 2.05) is 17.8 Å². The molecule has 0 nitrogen and oxygen atoms in total. The Morgan fingerprint density at radius 1 is 1.36 bits per heavy atom. The van der Waals surface area contributed by atoms with Crippen LogP contribution in [0.2, 0.25) is 0 Å². The maximum absolute atomic E-state index is 3.67. The molecule has 1 aromatic carbocycles. The highest BCUT2D eigenvalue weighted by atomic mass is 32.2. The summed E-state index contributed by atoms with van der Waals surface area (Å²) < 4.78 is 0. The number of rotatable bonds is 3. The van der Waals surface area contributed by atoms with Crippen molar-refractivity contribution in [2.24, 2.45) is 0 Å². The van der Waals surface area contributed by atoms with Crippen molar-refractivity contribution >= 4 is 11.8 Å². The topological polar surface area (TPSA) is 0 Å². The fourth-order valence-electron chi connectivity index (χ4n) is 0.790. The molecule has 0 aromatic heterocycles. The van der Waals surface area contributed by atoms with Crippen molar-refractivity contribution in [3.05, 3.63) is 42.5 Å². The van der Waals surface area contributed by atoms with Crippen LogP contribution < -0.4 is 0 Å². The second kappa shape index (κ2) is 4.24. The molecule has 0 saturated carbocycles. The lowest BCUT2D eigenvalue weighted by Crippen LogP contribution is -1.74. The standard InChI is InChI=1S/C10H12S/c1-3-8-11-10-6-4-9(2)5-7-10/h3-7H,1,8H2,2H3/i8+2. The fraction of sp³-hybridized carbons (Fsp3) is 0.200. The van der Waals surface area contributed by atoms with Crippen LogP contribution in [0.5, 0.6) is 0 Å². The molecule has 0 amide bonds. The maximum atomic E-state index is 3.67. The van der Waals surface area contributed by atoms with Crippen molar-refractivity contribution in [1.29, 1.82) is 0 Å². The quantitative estimate of drug-likeness (QED) is 0.490. The van der Waals surface area contributed by atoms with E-state index in [1.54, 1.807) is 0 Å². The summed E-state index contributed by atoms with van der Waals surface area (Å²) >= 11 is 1.81. The van der Waals surface area contributed by atoms with Gasteiger partial charge in [0, 0.05) is 10.6 Å². The maximum Gasteiger partial charge on any atom is 0.0158 e. The highest BCUT2D eigenvalue weighted by molar-refractivity contribution is 7.99. The molecule has 0 heterocycles. The Kier molecular flexibility index (Phi) is 3.24. The molecule has 0 unspecified atom stereocenters. The molecule has 58 valence electrons. The van der Waals surface area contributed by atoms with E-state index in [0.717, 1.165) is 5.75 Å². The van der Waals surface area contributed by atoms with Crippen LogP contribution in [0.15, 0.2) is 41.8 Å². The predicted molar refractivity (Wildman–Crippen MR) is 52.1 cm³/mol. The van der Waals surface area contributed by atoms with Crippen LogP contribution in [0, 0.1) is 6.92 Å². The molecule has 1 aromatic rings. The number of hydrogen-bond donors (Lipinski definition) is 0. The third-order valence-corrected chi connectivity index (χ3v) is 2.40. The van der Waals surface area contributed by atoms with Crippen molar-refractivity contribution in [1.82, 2.24) is 0 Å². The molecule has 0 aliphatic carbocycles. The van der Waals surface area contributed by atoms with E-state index in [2.05, 4.69) is 37.8 Å². The summed E-state index contributed by atoms with van der Waals surface area (Å²) in [7, 11) is 0. The van der Waals surface area contributed by atoms with Gasteiger partial charge in [-0.25, -0.2) is 0 Å². The highest BCUT2D eigenvalue weighted by Crippen LogP contribution is 2.17. The van der Waals surface area contributed by atoms with E-state index in [0.29, 0.717) is 0 Å². The van der Waals surface area contributed by atoms with Crippen LogP contribution in [0.25, 0.3) is 0 Å². The molecule has 0 aliphatic heterocycles. The van der Waals surface area contributed by atoms with Gasteiger partial charge in [-0.2, -0.15) is 0 Å². The molecule has 0 bridgehead atoms. The summed E-state index contributed by atoms with van der Waals surface area (Å²) in [6, 6.07) is 8.55. The van der Waals surface area contributed by atoms with Gasteiger partial charge in [0.2, 0.25) is 0 Å². The van der Waals surface area contributed by atoms with E-state index >= 15 is 0 Å². The second-order valence-electron chi connectivity index (χ2n) is 2.41. The third kappa shape index (κ3) is 2.81. The monoisotopic (exact) mass is 166 g/mol. The largest absolute Gasteiger partial charge is 0.122 e. The van der Waals surface area contributed by atoms with Gasteiger partial charge in [-0.05, 0) is 19.1 Å². The summed E-state index contributed by atoms with van der Waals surface area (Å²) in [4.78, 5) is 1.32. The van der Waals surface area contributed by atoms with E-state index in [9.17, 15) is 0 Å². The minimum absolute atomic E-state index is 0.989. The summed E-state index contributed by atoms with van der Waals surface area (Å²) in [6.45, 7) is 5.77. The first-order valence-electron chi connectivity index (χ1n) is 3.63. The minimum atomic E-state index is 0.989. The molecule has 0 radical (unpaired) electrons. The number of benzene rings is 1. The zero-order valence-corrected chi connectivity index (χ0v) is 7.53. The summed E-state index contributed by atoms with van der Waals surface area (Å²) in [5.74, 6) is 0.989. The summed E-state index contributed by atoms with van der Waals surface area (Å²) in [6.07, 6.45) is 1.92. The Bertz CT molecular complexity index is 223. The second-order valence-corrected chi connectivity index (χ2v) is 3.51. The molecule has 11 heavy (non-hydrogen) atoms.